The lowest BCUT2D eigenvalue weighted by atomic mass is 9.90. The molecule has 1 saturated heterocycles. The maximum Gasteiger partial charge on any atom is 0.240 e. The van der Waals surface area contributed by atoms with Gasteiger partial charge in [0.05, 0.1) is 0 Å². The zero-order chi connectivity index (χ0) is 13.5. The number of nitrogens with zero attached hydrogens (tertiary/aromatic N) is 1. The molecule has 3 nitrogen and oxygen atoms in total. The molecular formula is C14H21ClN2OS2. The molecule has 3 heterocycles. The van der Waals surface area contributed by atoms with Crippen molar-refractivity contribution < 1.29 is 4.79 Å². The number of hydrogen-bond acceptors (Lipinski definition) is 4. The van der Waals surface area contributed by atoms with Crippen molar-refractivity contribution in [1.29, 1.82) is 0 Å². The van der Waals surface area contributed by atoms with Crippen LogP contribution in [0.3, 0.4) is 0 Å². The number of amides is 1. The van der Waals surface area contributed by atoms with E-state index in [0.29, 0.717) is 12.5 Å². The highest BCUT2D eigenvalue weighted by atomic mass is 35.5. The molecule has 0 spiro atoms. The molecular weight excluding hydrogens is 312 g/mol. The summed E-state index contributed by atoms with van der Waals surface area (Å²) in [6.45, 7) is 4.53. The third kappa shape index (κ3) is 2.86. The van der Waals surface area contributed by atoms with Crippen LogP contribution >= 0.6 is 35.5 Å². The van der Waals surface area contributed by atoms with Crippen LogP contribution in [0, 0.1) is 5.41 Å². The van der Waals surface area contributed by atoms with Crippen molar-refractivity contribution in [3.63, 3.8) is 0 Å². The maximum atomic E-state index is 12.7. The predicted molar refractivity (Wildman–Crippen MR) is 88.8 cm³/mol. The molecule has 0 aliphatic carbocycles. The number of nitrogens with two attached hydrogens (primary N) is 1. The van der Waals surface area contributed by atoms with Gasteiger partial charge in [0, 0.05) is 18.0 Å². The molecule has 2 atom stereocenters. The largest absolute Gasteiger partial charge is 0.341 e. The Bertz CT molecular complexity index is 493. The highest BCUT2D eigenvalue weighted by Crippen LogP contribution is 2.42. The molecule has 112 valence electrons. The van der Waals surface area contributed by atoms with E-state index < -0.39 is 0 Å². The Kier molecular flexibility index (Phi) is 5.05. The zero-order valence-corrected chi connectivity index (χ0v) is 14.1. The number of carbonyl (C=O) groups is 1. The first-order valence-corrected chi connectivity index (χ1v) is 8.72. The standard InChI is InChI=1S/C14H20N2OS2.ClH/c1-14(8-15)4-5-16(9-14)13(17)12-10-2-6-18-11(10)3-7-19-12;/h2,6,12H,3-5,7-9,15H2,1H3;1H. The Balaban J connectivity index is 0.00000147. The van der Waals surface area contributed by atoms with E-state index in [4.69, 9.17) is 5.73 Å². The van der Waals surface area contributed by atoms with Crippen molar-refractivity contribution in [2.24, 2.45) is 11.1 Å². The highest BCUT2D eigenvalue weighted by molar-refractivity contribution is 8.00. The van der Waals surface area contributed by atoms with Crippen molar-refractivity contribution in [3.05, 3.63) is 21.9 Å². The number of thioether (sulfide) groups is 1. The van der Waals surface area contributed by atoms with Crippen LogP contribution in [0.2, 0.25) is 0 Å². The lowest BCUT2D eigenvalue weighted by molar-refractivity contribution is -0.130. The Labute approximate surface area is 134 Å². The fourth-order valence-corrected chi connectivity index (χ4v) is 5.27. The summed E-state index contributed by atoms with van der Waals surface area (Å²) in [5, 5.41) is 2.14. The Morgan fingerprint density at radius 1 is 1.60 bits per heavy atom. The lowest BCUT2D eigenvalue weighted by Gasteiger charge is -2.28. The molecule has 1 amide bonds. The van der Waals surface area contributed by atoms with E-state index in [-0.39, 0.29) is 23.1 Å². The summed E-state index contributed by atoms with van der Waals surface area (Å²) in [6.07, 6.45) is 2.14. The fraction of sp³-hybridized carbons (Fsp3) is 0.643. The van der Waals surface area contributed by atoms with Gasteiger partial charge in [0.2, 0.25) is 5.91 Å². The molecule has 2 unspecified atom stereocenters. The first kappa shape index (κ1) is 16.1. The average Bonchev–Trinajstić information content (AvgIpc) is 3.04. The first-order chi connectivity index (χ1) is 9.13. The molecule has 0 saturated carbocycles. The van der Waals surface area contributed by atoms with Gasteiger partial charge in [0.1, 0.15) is 5.25 Å². The first-order valence-electron chi connectivity index (χ1n) is 6.80. The van der Waals surface area contributed by atoms with Gasteiger partial charge in [0.25, 0.3) is 0 Å². The van der Waals surface area contributed by atoms with Crippen LogP contribution in [0.25, 0.3) is 0 Å². The smallest absolute Gasteiger partial charge is 0.240 e. The van der Waals surface area contributed by atoms with Gasteiger partial charge in [-0.15, -0.1) is 35.5 Å². The minimum atomic E-state index is 0. The normalized spacial score (nSPS) is 28.9. The molecule has 0 bridgehead atoms. The van der Waals surface area contributed by atoms with Gasteiger partial charge in [-0.2, -0.15) is 0 Å². The van der Waals surface area contributed by atoms with Crippen molar-refractivity contribution >= 4 is 41.4 Å². The Hall–Kier alpha value is -0.230. The van der Waals surface area contributed by atoms with Crippen LogP contribution in [-0.4, -0.2) is 36.2 Å². The topological polar surface area (TPSA) is 46.3 Å². The summed E-state index contributed by atoms with van der Waals surface area (Å²) in [4.78, 5) is 16.2. The van der Waals surface area contributed by atoms with Gasteiger partial charge in [-0.25, -0.2) is 0 Å². The second-order valence-electron chi connectivity index (χ2n) is 5.82. The van der Waals surface area contributed by atoms with Gasteiger partial charge in [-0.3, -0.25) is 4.79 Å². The van der Waals surface area contributed by atoms with E-state index in [1.807, 2.05) is 4.90 Å². The molecule has 2 aliphatic heterocycles. The number of likely N-dealkylation sites (tertiary alicyclic amines) is 1. The molecule has 3 rings (SSSR count). The fourth-order valence-electron chi connectivity index (χ4n) is 2.90. The van der Waals surface area contributed by atoms with Gasteiger partial charge in [-0.05, 0) is 47.6 Å². The molecule has 0 aromatic carbocycles. The predicted octanol–water partition coefficient (Wildman–Crippen LogP) is 2.70. The number of hydrogen-bond donors (Lipinski definition) is 1. The van der Waals surface area contributed by atoms with E-state index in [9.17, 15) is 4.79 Å². The van der Waals surface area contributed by atoms with Crippen LogP contribution in [0.1, 0.15) is 29.0 Å². The molecule has 1 aromatic heterocycles. The molecule has 6 heteroatoms. The molecule has 1 aromatic rings. The van der Waals surface area contributed by atoms with Gasteiger partial charge in [0.15, 0.2) is 0 Å². The summed E-state index contributed by atoms with van der Waals surface area (Å²) < 4.78 is 0. The van der Waals surface area contributed by atoms with Crippen LogP contribution in [-0.2, 0) is 11.2 Å². The van der Waals surface area contributed by atoms with Crippen molar-refractivity contribution in [2.45, 2.75) is 25.0 Å². The lowest BCUT2D eigenvalue weighted by Crippen LogP contribution is -2.37. The summed E-state index contributed by atoms with van der Waals surface area (Å²) in [5.41, 5.74) is 7.20. The third-order valence-electron chi connectivity index (χ3n) is 4.26. The minimum Gasteiger partial charge on any atom is -0.341 e. The molecule has 20 heavy (non-hydrogen) atoms. The van der Waals surface area contributed by atoms with E-state index in [1.165, 1.54) is 10.4 Å². The van der Waals surface area contributed by atoms with Crippen LogP contribution < -0.4 is 5.73 Å². The van der Waals surface area contributed by atoms with Crippen molar-refractivity contribution in [2.75, 3.05) is 25.4 Å². The second kappa shape index (κ2) is 6.26. The number of rotatable bonds is 2. The van der Waals surface area contributed by atoms with Gasteiger partial charge < -0.3 is 10.6 Å². The highest BCUT2D eigenvalue weighted by Gasteiger charge is 2.39. The molecule has 1 fully saturated rings. The number of thiophene rings is 1. The monoisotopic (exact) mass is 332 g/mol. The SMILES string of the molecule is CC1(CN)CCN(C(=O)C2SCCc3sccc32)C1.Cl. The van der Waals surface area contributed by atoms with E-state index in [0.717, 1.165) is 31.7 Å². The van der Waals surface area contributed by atoms with Gasteiger partial charge >= 0.3 is 0 Å². The number of aryl methyl sites for hydroxylation is 1. The van der Waals surface area contributed by atoms with E-state index in [1.54, 1.807) is 23.1 Å². The average molecular weight is 333 g/mol. The number of halogens is 1. The summed E-state index contributed by atoms with van der Waals surface area (Å²) in [7, 11) is 0. The number of fused-ring (bicyclic) bond motifs is 1. The molecule has 0 radical (unpaired) electrons. The maximum absolute atomic E-state index is 12.7. The molecule has 2 aliphatic rings. The molecule has 2 N–H and O–H groups in total. The van der Waals surface area contributed by atoms with E-state index >= 15 is 0 Å². The number of carbonyl (C=O) groups excluding carboxylic acids is 1. The zero-order valence-electron chi connectivity index (χ0n) is 11.6. The quantitative estimate of drug-likeness (QED) is 0.905. The Morgan fingerprint density at radius 3 is 3.10 bits per heavy atom. The second-order valence-corrected chi connectivity index (χ2v) is 8.04. The summed E-state index contributed by atoms with van der Waals surface area (Å²) >= 11 is 3.59. The third-order valence-corrected chi connectivity index (χ3v) is 6.49. The van der Waals surface area contributed by atoms with Crippen LogP contribution in [0.5, 0.6) is 0 Å². The van der Waals surface area contributed by atoms with Crippen molar-refractivity contribution in [1.82, 2.24) is 4.90 Å². The Morgan fingerprint density at radius 2 is 2.40 bits per heavy atom. The van der Waals surface area contributed by atoms with Crippen LogP contribution in [0.15, 0.2) is 11.4 Å². The van der Waals surface area contributed by atoms with Crippen LogP contribution in [0.4, 0.5) is 0 Å². The minimum absolute atomic E-state index is 0. The summed E-state index contributed by atoms with van der Waals surface area (Å²) in [5.74, 6) is 1.35. The van der Waals surface area contributed by atoms with E-state index in [2.05, 4.69) is 18.4 Å². The summed E-state index contributed by atoms with van der Waals surface area (Å²) in [6, 6.07) is 2.13. The van der Waals surface area contributed by atoms with Crippen molar-refractivity contribution in [3.8, 4) is 0 Å². The van der Waals surface area contributed by atoms with Gasteiger partial charge in [-0.1, -0.05) is 6.92 Å².